The number of rotatable bonds is 5. The molecule has 1 spiro atoms. The molecule has 0 N–H and O–H groups in total. The lowest BCUT2D eigenvalue weighted by Crippen LogP contribution is -2.26. The van der Waals surface area contributed by atoms with Crippen LogP contribution in [0.4, 0.5) is 0 Å². The lowest BCUT2D eigenvalue weighted by molar-refractivity contribution is 0.767. The third kappa shape index (κ3) is 4.20. The number of hydrogen-bond donors (Lipinski definition) is 0. The second-order valence-corrected chi connectivity index (χ2v) is 12.7. The van der Waals surface area contributed by atoms with Crippen LogP contribution in [0.2, 0.25) is 0 Å². The summed E-state index contributed by atoms with van der Waals surface area (Å²) in [5.41, 5.74) is 16.0. The second kappa shape index (κ2) is 10.9. The Kier molecular flexibility index (Phi) is 6.40. The average Bonchev–Trinajstić information content (AvgIpc) is 3.58. The fourth-order valence-corrected chi connectivity index (χ4v) is 8.11. The van der Waals surface area contributed by atoms with Gasteiger partial charge < -0.3 is 0 Å². The van der Waals surface area contributed by atoms with Crippen LogP contribution in [0, 0.1) is 0 Å². The third-order valence-electron chi connectivity index (χ3n) is 10.2. The molecule has 0 amide bonds. The van der Waals surface area contributed by atoms with Crippen LogP contribution in [0.5, 0.6) is 0 Å². The Balaban J connectivity index is 1.18. The minimum absolute atomic E-state index is 0.351. The lowest BCUT2D eigenvalue weighted by Gasteiger charge is -2.31. The summed E-state index contributed by atoms with van der Waals surface area (Å²) < 4.78 is 0. The Morgan fingerprint density at radius 3 is 1.70 bits per heavy atom. The Hall–Kier alpha value is -5.79. The van der Waals surface area contributed by atoms with Crippen LogP contribution in [0.15, 0.2) is 180 Å². The first-order chi connectivity index (χ1) is 23.2. The molecule has 7 aromatic carbocycles. The molecule has 1 nitrogen and oxygen atoms in total. The van der Waals surface area contributed by atoms with Crippen molar-refractivity contribution in [2.45, 2.75) is 18.9 Å². The molecule has 2 aliphatic rings. The maximum absolute atomic E-state index is 5.46. The molecule has 0 radical (unpaired) electrons. The fraction of sp³-hybridized carbons (Fsp3) is 0.0652. The number of allylic oxidation sites excluding steroid dienone is 2. The molecule has 0 aromatic heterocycles. The van der Waals surface area contributed by atoms with Crippen LogP contribution < -0.4 is 0 Å². The summed E-state index contributed by atoms with van der Waals surface area (Å²) in [6, 6.07) is 61.8. The SMILES string of the molecule is CC1=C(C(=NCc2ccc(-c3ccc4ccccc4c3)cc2)c2ccccc2)c2ccccc2C12c1ccccc1-c1ccccc12. The topological polar surface area (TPSA) is 12.4 Å². The molecule has 0 fully saturated rings. The van der Waals surface area contributed by atoms with Crippen molar-refractivity contribution in [2.75, 3.05) is 0 Å². The number of benzene rings is 7. The van der Waals surface area contributed by atoms with Gasteiger partial charge in [0.1, 0.15) is 0 Å². The molecule has 0 aliphatic heterocycles. The van der Waals surface area contributed by atoms with Crippen LogP contribution in [0.3, 0.4) is 0 Å². The molecular weight excluding hydrogens is 567 g/mol. The molecule has 0 unspecified atom stereocenters. The van der Waals surface area contributed by atoms with Crippen LogP contribution in [0.25, 0.3) is 38.6 Å². The summed E-state index contributed by atoms with van der Waals surface area (Å²) in [6.07, 6.45) is 0. The molecule has 2 aliphatic carbocycles. The van der Waals surface area contributed by atoms with Crippen molar-refractivity contribution in [3.63, 3.8) is 0 Å². The second-order valence-electron chi connectivity index (χ2n) is 12.7. The highest BCUT2D eigenvalue weighted by atomic mass is 14.7. The van der Waals surface area contributed by atoms with E-state index in [1.165, 1.54) is 72.0 Å². The molecule has 7 aromatic rings. The Morgan fingerprint density at radius 1 is 0.489 bits per heavy atom. The van der Waals surface area contributed by atoms with Gasteiger partial charge in [-0.3, -0.25) is 4.99 Å². The first-order valence-electron chi connectivity index (χ1n) is 16.4. The Bertz CT molecular complexity index is 2330. The van der Waals surface area contributed by atoms with Crippen molar-refractivity contribution >= 4 is 22.1 Å². The van der Waals surface area contributed by atoms with Crippen molar-refractivity contribution in [1.82, 2.24) is 0 Å². The summed E-state index contributed by atoms with van der Waals surface area (Å²) in [5.74, 6) is 0. The Morgan fingerprint density at radius 2 is 1.02 bits per heavy atom. The summed E-state index contributed by atoms with van der Waals surface area (Å²) in [6.45, 7) is 2.94. The standard InChI is InChI=1S/C46H33N/c1-31-44(40-19-9-12-22-43(40)46(31)41-20-10-7-17-38(41)39-18-8-11-21-42(39)46)45(35-14-3-2-4-15-35)47-30-32-23-25-34(26-24-32)37-28-27-33-13-5-6-16-36(33)29-37/h2-29H,30H2,1H3. The zero-order chi connectivity index (χ0) is 31.4. The molecular formula is C46H33N. The van der Waals surface area contributed by atoms with Gasteiger partial charge in [-0.2, -0.15) is 0 Å². The zero-order valence-corrected chi connectivity index (χ0v) is 26.3. The van der Waals surface area contributed by atoms with Gasteiger partial charge in [0.25, 0.3) is 0 Å². The number of aliphatic imine (C=N–C) groups is 1. The number of fused-ring (bicyclic) bond motifs is 8. The van der Waals surface area contributed by atoms with E-state index in [4.69, 9.17) is 4.99 Å². The highest BCUT2D eigenvalue weighted by molar-refractivity contribution is 6.34. The molecule has 47 heavy (non-hydrogen) atoms. The van der Waals surface area contributed by atoms with E-state index in [1.54, 1.807) is 0 Å². The van der Waals surface area contributed by atoms with Crippen LogP contribution in [-0.2, 0) is 12.0 Å². The first kappa shape index (κ1) is 27.5. The van der Waals surface area contributed by atoms with Crippen molar-refractivity contribution < 1.29 is 0 Å². The largest absolute Gasteiger partial charge is 0.279 e. The van der Waals surface area contributed by atoms with E-state index >= 15 is 0 Å². The highest BCUT2D eigenvalue weighted by Gasteiger charge is 2.51. The smallest absolute Gasteiger partial charge is 0.0729 e. The van der Waals surface area contributed by atoms with Gasteiger partial charge in [-0.15, -0.1) is 0 Å². The highest BCUT2D eigenvalue weighted by Crippen LogP contribution is 2.61. The molecule has 222 valence electrons. The van der Waals surface area contributed by atoms with Gasteiger partial charge in [-0.1, -0.05) is 164 Å². The fourth-order valence-electron chi connectivity index (χ4n) is 8.11. The van der Waals surface area contributed by atoms with Gasteiger partial charge in [0.05, 0.1) is 17.7 Å². The van der Waals surface area contributed by atoms with E-state index in [-0.39, 0.29) is 5.41 Å². The quantitative estimate of drug-likeness (QED) is 0.175. The molecule has 0 saturated carbocycles. The first-order valence-corrected chi connectivity index (χ1v) is 16.4. The Labute approximate surface area is 276 Å². The summed E-state index contributed by atoms with van der Waals surface area (Å²) in [7, 11) is 0. The van der Waals surface area contributed by atoms with Crippen molar-refractivity contribution in [2.24, 2.45) is 4.99 Å². The maximum Gasteiger partial charge on any atom is 0.0729 e. The van der Waals surface area contributed by atoms with E-state index < -0.39 is 0 Å². The molecule has 1 heteroatoms. The minimum atomic E-state index is -0.351. The van der Waals surface area contributed by atoms with Gasteiger partial charge >= 0.3 is 0 Å². The summed E-state index contributed by atoms with van der Waals surface area (Å²) >= 11 is 0. The summed E-state index contributed by atoms with van der Waals surface area (Å²) in [4.78, 5) is 5.46. The van der Waals surface area contributed by atoms with Crippen LogP contribution >= 0.6 is 0 Å². The normalized spacial score (nSPS) is 14.4. The van der Waals surface area contributed by atoms with E-state index in [2.05, 4.69) is 177 Å². The van der Waals surface area contributed by atoms with Gasteiger partial charge in [-0.05, 0) is 79.4 Å². The molecule has 9 rings (SSSR count). The molecule has 0 saturated heterocycles. The van der Waals surface area contributed by atoms with Crippen LogP contribution in [0.1, 0.15) is 40.3 Å². The van der Waals surface area contributed by atoms with Gasteiger partial charge in [0.15, 0.2) is 0 Å². The van der Waals surface area contributed by atoms with Crippen LogP contribution in [-0.4, -0.2) is 5.71 Å². The zero-order valence-electron chi connectivity index (χ0n) is 26.3. The summed E-state index contributed by atoms with van der Waals surface area (Å²) in [5, 5.41) is 2.53. The molecule has 0 heterocycles. The van der Waals surface area contributed by atoms with Crippen molar-refractivity contribution in [3.8, 4) is 22.3 Å². The predicted octanol–water partition coefficient (Wildman–Crippen LogP) is 11.3. The van der Waals surface area contributed by atoms with Gasteiger partial charge in [0, 0.05) is 11.1 Å². The van der Waals surface area contributed by atoms with Gasteiger partial charge in [0.2, 0.25) is 0 Å². The van der Waals surface area contributed by atoms with E-state index in [1.807, 2.05) is 0 Å². The lowest BCUT2D eigenvalue weighted by atomic mass is 9.70. The number of hydrogen-bond acceptors (Lipinski definition) is 1. The minimum Gasteiger partial charge on any atom is -0.279 e. The molecule has 0 bridgehead atoms. The van der Waals surface area contributed by atoms with Crippen molar-refractivity contribution in [3.05, 3.63) is 209 Å². The molecule has 0 atom stereocenters. The third-order valence-corrected chi connectivity index (χ3v) is 10.2. The van der Waals surface area contributed by atoms with E-state index in [9.17, 15) is 0 Å². The number of nitrogens with zero attached hydrogens (tertiary/aromatic N) is 1. The van der Waals surface area contributed by atoms with Gasteiger partial charge in [-0.25, -0.2) is 0 Å². The monoisotopic (exact) mass is 599 g/mol. The maximum atomic E-state index is 5.46. The predicted molar refractivity (Wildman–Crippen MR) is 197 cm³/mol. The van der Waals surface area contributed by atoms with E-state index in [0.717, 1.165) is 11.3 Å². The van der Waals surface area contributed by atoms with Crippen molar-refractivity contribution in [1.29, 1.82) is 0 Å². The average molecular weight is 600 g/mol. The van der Waals surface area contributed by atoms with E-state index in [0.29, 0.717) is 6.54 Å².